The lowest BCUT2D eigenvalue weighted by Gasteiger charge is -2.32. The average Bonchev–Trinajstić information content (AvgIpc) is 3.25. The molecule has 1 aliphatic rings. The molecule has 3 amide bonds. The number of aryl methyl sites for hydroxylation is 1. The first kappa shape index (κ1) is 22.5. The van der Waals surface area contributed by atoms with Crippen LogP contribution in [0, 0.1) is 6.92 Å². The summed E-state index contributed by atoms with van der Waals surface area (Å²) in [5.74, 6) is 0.131. The van der Waals surface area contributed by atoms with E-state index in [9.17, 15) is 9.59 Å². The van der Waals surface area contributed by atoms with Crippen molar-refractivity contribution in [1.82, 2.24) is 25.2 Å². The van der Waals surface area contributed by atoms with Crippen molar-refractivity contribution in [2.24, 2.45) is 0 Å². The highest BCUT2D eigenvalue weighted by atomic mass is 16.2. The van der Waals surface area contributed by atoms with Gasteiger partial charge in [0.05, 0.1) is 11.4 Å². The Bertz CT molecular complexity index is 1090. The number of hydrogen-bond donors (Lipinski definition) is 2. The summed E-state index contributed by atoms with van der Waals surface area (Å²) in [6.45, 7) is 6.06. The Labute approximate surface area is 194 Å². The van der Waals surface area contributed by atoms with Crippen LogP contribution in [0.2, 0.25) is 0 Å². The molecule has 1 aromatic heterocycles. The van der Waals surface area contributed by atoms with E-state index in [4.69, 9.17) is 0 Å². The number of carbonyl (C=O) groups is 2. The number of nitrogens with zero attached hydrogens (tertiary/aromatic N) is 4. The molecule has 1 saturated heterocycles. The fourth-order valence-corrected chi connectivity index (χ4v) is 4.05. The number of amides is 3. The highest BCUT2D eigenvalue weighted by Gasteiger charge is 2.23. The maximum Gasteiger partial charge on any atom is 0.317 e. The molecule has 0 atom stereocenters. The topological polar surface area (TPSA) is 92.2 Å². The third-order valence-corrected chi connectivity index (χ3v) is 5.93. The number of anilines is 1. The Hall–Kier alpha value is -3.68. The minimum Gasteiger partial charge on any atom is -0.338 e. The molecule has 3 aromatic rings. The highest BCUT2D eigenvalue weighted by molar-refractivity contribution is 6.03. The molecule has 1 fully saturated rings. The smallest absolute Gasteiger partial charge is 0.317 e. The molecule has 4 rings (SSSR count). The van der Waals surface area contributed by atoms with E-state index in [1.54, 1.807) is 6.92 Å². The molecule has 8 heteroatoms. The number of aromatic nitrogens is 3. The monoisotopic (exact) mass is 446 g/mol. The van der Waals surface area contributed by atoms with Crippen LogP contribution in [0.1, 0.15) is 53.8 Å². The van der Waals surface area contributed by atoms with Gasteiger partial charge in [0, 0.05) is 25.3 Å². The second-order valence-electron chi connectivity index (χ2n) is 8.33. The quantitative estimate of drug-likeness (QED) is 0.596. The van der Waals surface area contributed by atoms with E-state index >= 15 is 0 Å². The minimum absolute atomic E-state index is 0.0350. The van der Waals surface area contributed by atoms with Crippen LogP contribution in [0.25, 0.3) is 5.69 Å². The van der Waals surface area contributed by atoms with E-state index in [1.165, 1.54) is 10.4 Å². The molecule has 0 unspecified atom stereocenters. The number of nitrogens with one attached hydrogen (secondary N) is 2. The lowest BCUT2D eigenvalue weighted by Crippen LogP contribution is -2.44. The maximum atomic E-state index is 12.8. The Morgan fingerprint density at radius 2 is 1.70 bits per heavy atom. The second kappa shape index (κ2) is 10.3. The zero-order chi connectivity index (χ0) is 23.2. The van der Waals surface area contributed by atoms with Gasteiger partial charge in [-0.2, -0.15) is 9.90 Å². The van der Waals surface area contributed by atoms with Gasteiger partial charge in [-0.15, -0.1) is 5.10 Å². The van der Waals surface area contributed by atoms with Crippen molar-refractivity contribution in [2.75, 3.05) is 25.0 Å². The molecule has 33 heavy (non-hydrogen) atoms. The van der Waals surface area contributed by atoms with E-state index in [0.29, 0.717) is 29.5 Å². The Morgan fingerprint density at radius 1 is 1.00 bits per heavy atom. The molecule has 0 aliphatic carbocycles. The first-order valence-electron chi connectivity index (χ1n) is 11.5. The van der Waals surface area contributed by atoms with Gasteiger partial charge in [-0.25, -0.2) is 4.79 Å². The molecule has 172 valence electrons. The van der Waals surface area contributed by atoms with Gasteiger partial charge in [-0.05, 0) is 61.9 Å². The molecule has 8 nitrogen and oxygen atoms in total. The van der Waals surface area contributed by atoms with Crippen molar-refractivity contribution in [3.8, 4) is 5.69 Å². The van der Waals surface area contributed by atoms with Crippen LogP contribution in [0.3, 0.4) is 0 Å². The third-order valence-electron chi connectivity index (χ3n) is 5.93. The van der Waals surface area contributed by atoms with Gasteiger partial charge >= 0.3 is 6.03 Å². The fraction of sp³-hybridized carbons (Fsp3) is 0.360. The SMILES string of the molecule is CCCNC(=O)N1CCC(c2ccc(NC(=O)c3nn(-c4ccccc4)nc3C)cc2)CC1. The van der Waals surface area contributed by atoms with Crippen molar-refractivity contribution in [3.05, 3.63) is 71.5 Å². The number of carbonyl (C=O) groups excluding carboxylic acids is 2. The lowest BCUT2D eigenvalue weighted by atomic mass is 9.89. The van der Waals surface area contributed by atoms with Crippen LogP contribution >= 0.6 is 0 Å². The van der Waals surface area contributed by atoms with Gasteiger partial charge in [-0.3, -0.25) is 4.79 Å². The molecule has 0 spiro atoms. The summed E-state index contributed by atoms with van der Waals surface area (Å²) in [7, 11) is 0. The summed E-state index contributed by atoms with van der Waals surface area (Å²) in [4.78, 5) is 28.3. The number of benzene rings is 2. The van der Waals surface area contributed by atoms with E-state index in [0.717, 1.165) is 38.0 Å². The Morgan fingerprint density at radius 3 is 2.36 bits per heavy atom. The molecule has 2 N–H and O–H groups in total. The fourth-order valence-electron chi connectivity index (χ4n) is 4.05. The van der Waals surface area contributed by atoms with Crippen LogP contribution in [-0.4, -0.2) is 51.5 Å². The number of hydrogen-bond acceptors (Lipinski definition) is 4. The number of likely N-dealkylation sites (tertiary alicyclic amines) is 1. The number of para-hydroxylation sites is 1. The van der Waals surface area contributed by atoms with E-state index in [1.807, 2.05) is 54.3 Å². The molecular weight excluding hydrogens is 416 g/mol. The van der Waals surface area contributed by atoms with Gasteiger partial charge in [0.25, 0.3) is 5.91 Å². The maximum absolute atomic E-state index is 12.8. The summed E-state index contributed by atoms with van der Waals surface area (Å²) in [6.07, 6.45) is 2.82. The average molecular weight is 447 g/mol. The molecule has 0 bridgehead atoms. The van der Waals surface area contributed by atoms with E-state index < -0.39 is 0 Å². The van der Waals surface area contributed by atoms with Crippen LogP contribution in [0.15, 0.2) is 54.6 Å². The molecule has 2 aromatic carbocycles. The Balaban J connectivity index is 1.34. The summed E-state index contributed by atoms with van der Waals surface area (Å²) < 4.78 is 0. The molecule has 0 saturated carbocycles. The summed E-state index contributed by atoms with van der Waals surface area (Å²) >= 11 is 0. The van der Waals surface area contributed by atoms with Gasteiger partial charge in [0.1, 0.15) is 0 Å². The normalized spacial score (nSPS) is 14.2. The van der Waals surface area contributed by atoms with Crippen molar-refractivity contribution < 1.29 is 9.59 Å². The first-order chi connectivity index (χ1) is 16.0. The van der Waals surface area contributed by atoms with Gasteiger partial charge < -0.3 is 15.5 Å². The van der Waals surface area contributed by atoms with E-state index in [2.05, 4.69) is 33.0 Å². The van der Waals surface area contributed by atoms with Crippen molar-refractivity contribution in [3.63, 3.8) is 0 Å². The highest BCUT2D eigenvalue weighted by Crippen LogP contribution is 2.29. The zero-order valence-corrected chi connectivity index (χ0v) is 19.1. The second-order valence-corrected chi connectivity index (χ2v) is 8.33. The number of piperidine rings is 1. The van der Waals surface area contributed by atoms with Crippen molar-refractivity contribution in [1.29, 1.82) is 0 Å². The number of urea groups is 1. The molecule has 0 radical (unpaired) electrons. The largest absolute Gasteiger partial charge is 0.338 e. The standard InChI is InChI=1S/C25H30N6O2/c1-3-15-26-25(33)30-16-13-20(14-17-30)19-9-11-21(12-10-19)27-24(32)23-18(2)28-31(29-23)22-7-5-4-6-8-22/h4-12,20H,3,13-17H2,1-2H3,(H,26,33)(H,27,32). The van der Waals surface area contributed by atoms with E-state index in [-0.39, 0.29) is 11.9 Å². The summed E-state index contributed by atoms with van der Waals surface area (Å²) in [5, 5.41) is 14.6. The summed E-state index contributed by atoms with van der Waals surface area (Å²) in [6, 6.07) is 17.5. The zero-order valence-electron chi connectivity index (χ0n) is 19.1. The van der Waals surface area contributed by atoms with Crippen LogP contribution in [0.4, 0.5) is 10.5 Å². The van der Waals surface area contributed by atoms with Crippen LogP contribution in [-0.2, 0) is 0 Å². The number of rotatable bonds is 6. The minimum atomic E-state index is -0.283. The third kappa shape index (κ3) is 5.39. The summed E-state index contributed by atoms with van der Waals surface area (Å²) in [5.41, 5.74) is 3.62. The molecule has 2 heterocycles. The van der Waals surface area contributed by atoms with Crippen LogP contribution < -0.4 is 10.6 Å². The van der Waals surface area contributed by atoms with Crippen LogP contribution in [0.5, 0.6) is 0 Å². The Kier molecular flexibility index (Phi) is 7.02. The lowest BCUT2D eigenvalue weighted by molar-refractivity contribution is 0.102. The predicted octanol–water partition coefficient (Wildman–Crippen LogP) is 4.13. The first-order valence-corrected chi connectivity index (χ1v) is 11.5. The van der Waals surface area contributed by atoms with Gasteiger partial charge in [0.15, 0.2) is 5.69 Å². The van der Waals surface area contributed by atoms with Crippen molar-refractivity contribution >= 4 is 17.6 Å². The van der Waals surface area contributed by atoms with Gasteiger partial charge in [-0.1, -0.05) is 37.3 Å². The van der Waals surface area contributed by atoms with Gasteiger partial charge in [0.2, 0.25) is 0 Å². The molecular formula is C25H30N6O2. The predicted molar refractivity (Wildman–Crippen MR) is 128 cm³/mol. The molecule has 1 aliphatic heterocycles. The van der Waals surface area contributed by atoms with Crippen molar-refractivity contribution in [2.45, 2.75) is 39.0 Å².